The maximum Gasteiger partial charge on any atom is 0.327 e. The Morgan fingerprint density at radius 3 is 2.53 bits per heavy atom. The molecule has 3 N–H and O–H groups in total. The average Bonchev–Trinajstić information content (AvgIpc) is 2.80. The summed E-state index contributed by atoms with van der Waals surface area (Å²) in [4.78, 5) is 35.6. The number of nitrogens with one attached hydrogen (secondary N) is 2. The number of carbonyl (C=O) groups excluding carboxylic acids is 2. The van der Waals surface area contributed by atoms with Crippen LogP contribution in [0.5, 0.6) is 0 Å². The van der Waals surface area contributed by atoms with Crippen LogP contribution in [0.1, 0.15) is 13.8 Å². The molecule has 8 heteroatoms. The molecule has 0 radical (unpaired) electrons. The maximum atomic E-state index is 12.1. The SMILES string of the molecule is CNC(=O)CNC(=O)N1C(C(=O)O)CSC1C(C)C. The van der Waals surface area contributed by atoms with Gasteiger partial charge in [-0.2, -0.15) is 0 Å². The Bertz CT molecular complexity index is 375. The van der Waals surface area contributed by atoms with Crippen LogP contribution in [0.15, 0.2) is 0 Å². The summed E-state index contributed by atoms with van der Waals surface area (Å²) < 4.78 is 0. The average molecular weight is 289 g/mol. The zero-order chi connectivity index (χ0) is 14.6. The van der Waals surface area contributed by atoms with Crippen molar-refractivity contribution in [3.8, 4) is 0 Å². The first-order valence-corrected chi connectivity index (χ1v) is 7.04. The van der Waals surface area contributed by atoms with Crippen molar-refractivity contribution < 1.29 is 19.5 Å². The van der Waals surface area contributed by atoms with Crippen molar-refractivity contribution in [2.75, 3.05) is 19.3 Å². The number of hydrogen-bond acceptors (Lipinski definition) is 4. The summed E-state index contributed by atoms with van der Waals surface area (Å²) in [6, 6.07) is -1.36. The molecule has 0 spiro atoms. The van der Waals surface area contributed by atoms with Crippen molar-refractivity contribution in [2.45, 2.75) is 25.3 Å². The fraction of sp³-hybridized carbons (Fsp3) is 0.727. The van der Waals surface area contributed by atoms with E-state index in [1.54, 1.807) is 0 Å². The van der Waals surface area contributed by atoms with Crippen LogP contribution in [0.2, 0.25) is 0 Å². The fourth-order valence-corrected chi connectivity index (χ4v) is 3.30. The van der Waals surface area contributed by atoms with E-state index < -0.39 is 18.0 Å². The highest BCUT2D eigenvalue weighted by Gasteiger charge is 2.42. The van der Waals surface area contributed by atoms with Crippen LogP contribution in [-0.2, 0) is 9.59 Å². The van der Waals surface area contributed by atoms with E-state index in [1.807, 2.05) is 13.8 Å². The van der Waals surface area contributed by atoms with E-state index in [2.05, 4.69) is 10.6 Å². The van der Waals surface area contributed by atoms with Gasteiger partial charge in [0.25, 0.3) is 0 Å². The first-order valence-electron chi connectivity index (χ1n) is 5.99. The lowest BCUT2D eigenvalue weighted by molar-refractivity contribution is -0.141. The topological polar surface area (TPSA) is 98.7 Å². The maximum absolute atomic E-state index is 12.1. The lowest BCUT2D eigenvalue weighted by Gasteiger charge is -2.29. The van der Waals surface area contributed by atoms with E-state index >= 15 is 0 Å². The molecule has 3 amide bonds. The highest BCUT2D eigenvalue weighted by atomic mass is 32.2. The summed E-state index contributed by atoms with van der Waals surface area (Å²) in [5.74, 6) is -0.843. The van der Waals surface area contributed by atoms with Crippen LogP contribution in [0.25, 0.3) is 0 Å². The second-order valence-corrected chi connectivity index (χ2v) is 5.71. The third kappa shape index (κ3) is 3.76. The number of thioether (sulfide) groups is 1. The molecule has 108 valence electrons. The first kappa shape index (κ1) is 15.6. The van der Waals surface area contributed by atoms with Crippen molar-refractivity contribution in [3.05, 3.63) is 0 Å². The standard InChI is InChI=1S/C11H19N3O4S/c1-6(2)9-14(7(5-19-9)10(16)17)11(18)13-4-8(15)12-3/h6-7,9H,4-5H2,1-3H3,(H,12,15)(H,13,18)(H,16,17). The third-order valence-electron chi connectivity index (χ3n) is 2.80. The van der Waals surface area contributed by atoms with Crippen molar-refractivity contribution in [3.63, 3.8) is 0 Å². The number of carbonyl (C=O) groups is 3. The second kappa shape index (κ2) is 6.65. The van der Waals surface area contributed by atoms with Crippen molar-refractivity contribution in [2.24, 2.45) is 5.92 Å². The molecule has 0 aromatic heterocycles. The summed E-state index contributed by atoms with van der Waals surface area (Å²) in [6.45, 7) is 3.70. The zero-order valence-electron chi connectivity index (χ0n) is 11.2. The van der Waals surface area contributed by atoms with Gasteiger partial charge in [-0.3, -0.25) is 9.69 Å². The van der Waals surface area contributed by atoms with Crippen LogP contribution < -0.4 is 10.6 Å². The summed E-state index contributed by atoms with van der Waals surface area (Å²) >= 11 is 1.45. The van der Waals surface area contributed by atoms with Crippen molar-refractivity contribution >= 4 is 29.7 Å². The summed E-state index contributed by atoms with van der Waals surface area (Å²) in [6.07, 6.45) is 0. The first-order chi connectivity index (χ1) is 8.88. The van der Waals surface area contributed by atoms with Crippen LogP contribution >= 0.6 is 11.8 Å². The van der Waals surface area contributed by atoms with Gasteiger partial charge in [-0.15, -0.1) is 11.8 Å². The summed E-state index contributed by atoms with van der Waals surface area (Å²) in [5, 5.41) is 13.8. The number of aliphatic carboxylic acids is 1. The largest absolute Gasteiger partial charge is 0.480 e. The molecule has 1 aliphatic rings. The van der Waals surface area contributed by atoms with Crippen molar-refractivity contribution in [1.29, 1.82) is 0 Å². The lowest BCUT2D eigenvalue weighted by atomic mass is 10.2. The molecule has 1 rings (SSSR count). The number of nitrogens with zero attached hydrogens (tertiary/aromatic N) is 1. The molecule has 0 saturated carbocycles. The van der Waals surface area contributed by atoms with Crippen molar-refractivity contribution in [1.82, 2.24) is 15.5 Å². The predicted molar refractivity (Wildman–Crippen MR) is 71.8 cm³/mol. The van der Waals surface area contributed by atoms with Gasteiger partial charge in [0.15, 0.2) is 0 Å². The summed E-state index contributed by atoms with van der Waals surface area (Å²) in [5.41, 5.74) is 0. The Hall–Kier alpha value is -1.44. The number of carboxylic acids is 1. The summed E-state index contributed by atoms with van der Waals surface area (Å²) in [7, 11) is 1.47. The normalized spacial score (nSPS) is 22.4. The van der Waals surface area contributed by atoms with Gasteiger partial charge < -0.3 is 15.7 Å². The third-order valence-corrected chi connectivity index (χ3v) is 4.42. The minimum Gasteiger partial charge on any atom is -0.480 e. The Morgan fingerprint density at radius 1 is 1.42 bits per heavy atom. The van der Waals surface area contributed by atoms with Gasteiger partial charge in [0, 0.05) is 12.8 Å². The molecule has 1 fully saturated rings. The van der Waals surface area contributed by atoms with Gasteiger partial charge >= 0.3 is 12.0 Å². The monoisotopic (exact) mass is 289 g/mol. The number of rotatable bonds is 4. The molecular formula is C11H19N3O4S. The van der Waals surface area contributed by atoms with Crippen LogP contribution in [-0.4, -0.2) is 58.7 Å². The molecule has 1 aliphatic heterocycles. The van der Waals surface area contributed by atoms with Crippen LogP contribution in [0.4, 0.5) is 4.79 Å². The van der Waals surface area contributed by atoms with E-state index in [9.17, 15) is 14.4 Å². The Morgan fingerprint density at radius 2 is 2.05 bits per heavy atom. The number of likely N-dealkylation sites (N-methyl/N-ethyl adjacent to an activating group) is 1. The molecule has 1 heterocycles. The molecule has 2 atom stereocenters. The minimum atomic E-state index is -1.02. The molecule has 0 aliphatic carbocycles. The van der Waals surface area contributed by atoms with E-state index in [0.717, 1.165) is 0 Å². The number of hydrogen-bond donors (Lipinski definition) is 3. The van der Waals surface area contributed by atoms with E-state index in [-0.39, 0.29) is 23.7 Å². The molecule has 7 nitrogen and oxygen atoms in total. The van der Waals surface area contributed by atoms with Gasteiger partial charge in [-0.25, -0.2) is 9.59 Å². The van der Waals surface area contributed by atoms with Crippen LogP contribution in [0, 0.1) is 5.92 Å². The Kier molecular flexibility index (Phi) is 5.46. The molecule has 1 saturated heterocycles. The Labute approximate surface area is 116 Å². The van der Waals surface area contributed by atoms with Gasteiger partial charge in [-0.1, -0.05) is 13.8 Å². The zero-order valence-corrected chi connectivity index (χ0v) is 12.0. The highest BCUT2D eigenvalue weighted by molar-refractivity contribution is 8.00. The van der Waals surface area contributed by atoms with Crippen LogP contribution in [0.3, 0.4) is 0 Å². The van der Waals surface area contributed by atoms with Gasteiger partial charge in [-0.05, 0) is 5.92 Å². The Balaban J connectivity index is 2.75. The van der Waals surface area contributed by atoms with Gasteiger partial charge in [0.2, 0.25) is 5.91 Å². The smallest absolute Gasteiger partial charge is 0.327 e. The number of urea groups is 1. The molecule has 0 aromatic rings. The fourth-order valence-electron chi connectivity index (χ4n) is 1.82. The van der Waals surface area contributed by atoms with Gasteiger partial charge in [0.05, 0.1) is 11.9 Å². The molecule has 2 unspecified atom stereocenters. The molecule has 0 bridgehead atoms. The molecule has 0 aromatic carbocycles. The lowest BCUT2D eigenvalue weighted by Crippen LogP contribution is -2.52. The van der Waals surface area contributed by atoms with E-state index in [0.29, 0.717) is 5.75 Å². The van der Waals surface area contributed by atoms with Gasteiger partial charge in [0.1, 0.15) is 6.04 Å². The molecule has 19 heavy (non-hydrogen) atoms. The van der Waals surface area contributed by atoms with E-state index in [4.69, 9.17) is 5.11 Å². The van der Waals surface area contributed by atoms with E-state index in [1.165, 1.54) is 23.7 Å². The number of amides is 3. The minimum absolute atomic E-state index is 0.139. The molecular weight excluding hydrogens is 270 g/mol. The second-order valence-electron chi connectivity index (χ2n) is 4.56. The number of carboxylic acid groups (broad SMARTS) is 1. The predicted octanol–water partition coefficient (Wildman–Crippen LogP) is -0.0739. The highest BCUT2D eigenvalue weighted by Crippen LogP contribution is 2.33. The quantitative estimate of drug-likeness (QED) is 0.672.